The molecule has 0 unspecified atom stereocenters. The summed E-state index contributed by atoms with van der Waals surface area (Å²) in [4.78, 5) is 0. The van der Waals surface area contributed by atoms with Crippen molar-refractivity contribution >= 4 is 20.8 Å². The fourth-order valence-electron chi connectivity index (χ4n) is 0. The van der Waals surface area contributed by atoms with Gasteiger partial charge in [0.1, 0.15) is 0 Å². The Bertz CT molecular complexity index is 213. The first kappa shape index (κ1) is 22.8. The second-order valence-electron chi connectivity index (χ2n) is 0.836. The molecule has 0 aliphatic carbocycles. The van der Waals surface area contributed by atoms with Crippen molar-refractivity contribution in [1.29, 1.82) is 0 Å². The molecule has 0 spiro atoms. The van der Waals surface area contributed by atoms with E-state index in [-0.39, 0.29) is 25.6 Å². The zero-order valence-corrected chi connectivity index (χ0v) is 8.43. The average molecular weight is 313 g/mol. The summed E-state index contributed by atoms with van der Waals surface area (Å²) in [5.41, 5.74) is 0. The molecule has 0 aromatic carbocycles. The van der Waals surface area contributed by atoms with Crippen LogP contribution >= 0.6 is 0 Å². The third kappa shape index (κ3) is 8580. The molecule has 0 saturated heterocycles. The SMILES string of the molecule is N.O=S(=O)([O-])O.O=S(=O)([O-])[O-].[Rh+3]. The molecule has 0 aromatic heterocycles. The van der Waals surface area contributed by atoms with Crippen LogP contribution in [0, 0.1) is 0 Å². The predicted octanol–water partition coefficient (Wildman–Crippen LogP) is -2.17. The first-order valence-corrected chi connectivity index (χ1v) is 4.05. The molecule has 0 bridgehead atoms. The molecule has 0 aliphatic heterocycles. The van der Waals surface area contributed by atoms with E-state index in [2.05, 4.69) is 0 Å². The van der Waals surface area contributed by atoms with Crippen LogP contribution in [0.25, 0.3) is 0 Å². The molecule has 0 aliphatic rings. The monoisotopic (exact) mass is 313 g/mol. The molecule has 12 heavy (non-hydrogen) atoms. The van der Waals surface area contributed by atoms with E-state index >= 15 is 0 Å². The van der Waals surface area contributed by atoms with Crippen molar-refractivity contribution in [2.45, 2.75) is 0 Å². The first-order valence-electron chi connectivity index (χ1n) is 1.35. The molecule has 0 aromatic rings. The quantitative estimate of drug-likeness (QED) is 0.284. The van der Waals surface area contributed by atoms with E-state index in [9.17, 15) is 0 Å². The van der Waals surface area contributed by atoms with Crippen molar-refractivity contribution in [2.24, 2.45) is 0 Å². The van der Waals surface area contributed by atoms with Gasteiger partial charge in [-0.1, -0.05) is 0 Å². The second-order valence-corrected chi connectivity index (χ2v) is 2.51. The van der Waals surface area contributed by atoms with Gasteiger partial charge in [-0.2, -0.15) is 0 Å². The fraction of sp³-hybridized carbons (Fsp3) is 0. The van der Waals surface area contributed by atoms with Gasteiger partial charge >= 0.3 is 19.5 Å². The zero-order valence-electron chi connectivity index (χ0n) is 5.16. The minimum absolute atomic E-state index is 0. The van der Waals surface area contributed by atoms with Gasteiger partial charge < -0.3 is 19.8 Å². The summed E-state index contributed by atoms with van der Waals surface area (Å²) >= 11 is 0. The molecule has 0 saturated carbocycles. The summed E-state index contributed by atoms with van der Waals surface area (Å²) < 4.78 is 66.9. The van der Waals surface area contributed by atoms with Crippen LogP contribution in [0.3, 0.4) is 0 Å². The van der Waals surface area contributed by atoms with Gasteiger partial charge in [-0.3, -0.25) is 13.0 Å². The Kier molecular flexibility index (Phi) is 15.1. The molecule has 0 heterocycles. The largest absolute Gasteiger partial charge is 3.00 e. The Morgan fingerprint density at radius 1 is 0.917 bits per heavy atom. The summed E-state index contributed by atoms with van der Waals surface area (Å²) in [6.07, 6.45) is 0. The molecule has 0 fully saturated rings. The fourth-order valence-corrected chi connectivity index (χ4v) is 0. The van der Waals surface area contributed by atoms with E-state index in [4.69, 9.17) is 35.0 Å². The molecule has 12 heteroatoms. The number of hydrogen-bond acceptors (Lipinski definition) is 8. The van der Waals surface area contributed by atoms with E-state index in [1.807, 2.05) is 0 Å². The van der Waals surface area contributed by atoms with Crippen molar-refractivity contribution in [3.05, 3.63) is 0 Å². The second kappa shape index (κ2) is 7.95. The normalized spacial score (nSPS) is 9.67. The third-order valence-electron chi connectivity index (χ3n) is 0. The van der Waals surface area contributed by atoms with Gasteiger partial charge in [0.25, 0.3) is 0 Å². The van der Waals surface area contributed by atoms with Crippen molar-refractivity contribution < 1.29 is 54.5 Å². The van der Waals surface area contributed by atoms with E-state index < -0.39 is 20.8 Å². The van der Waals surface area contributed by atoms with Crippen LogP contribution in [0.5, 0.6) is 0 Å². The Balaban J connectivity index is -0.0000000457. The van der Waals surface area contributed by atoms with Crippen molar-refractivity contribution in [3.8, 4) is 0 Å². The molecule has 9 nitrogen and oxygen atoms in total. The van der Waals surface area contributed by atoms with Gasteiger partial charge in [0.2, 0.25) is 10.4 Å². The number of hydrogen-bond donors (Lipinski definition) is 2. The van der Waals surface area contributed by atoms with Gasteiger partial charge in [0, 0.05) is 10.4 Å². The van der Waals surface area contributed by atoms with Crippen molar-refractivity contribution in [1.82, 2.24) is 6.15 Å². The van der Waals surface area contributed by atoms with Crippen LogP contribution in [-0.4, -0.2) is 35.0 Å². The van der Waals surface area contributed by atoms with Gasteiger partial charge in [0.15, 0.2) is 0 Å². The smallest absolute Gasteiger partial charge is 0.759 e. The van der Waals surface area contributed by atoms with Crippen LogP contribution in [0.2, 0.25) is 0 Å². The van der Waals surface area contributed by atoms with Crippen LogP contribution in [-0.2, 0) is 40.3 Å². The van der Waals surface area contributed by atoms with E-state index in [0.717, 1.165) is 0 Å². The van der Waals surface area contributed by atoms with Gasteiger partial charge in [-0.15, -0.1) is 0 Å². The average Bonchev–Trinajstić information content (AvgIpc) is 1.12. The van der Waals surface area contributed by atoms with Crippen LogP contribution in [0.1, 0.15) is 0 Å². The van der Waals surface area contributed by atoms with Gasteiger partial charge in [0.05, 0.1) is 0 Å². The molecule has 0 rings (SSSR count). The summed E-state index contributed by atoms with van der Waals surface area (Å²) in [6, 6.07) is 0. The first-order chi connectivity index (χ1) is 4.00. The summed E-state index contributed by atoms with van der Waals surface area (Å²) in [6.45, 7) is 0. The maximum Gasteiger partial charge on any atom is 3.00 e. The molecule has 0 atom stereocenters. The van der Waals surface area contributed by atoms with E-state index in [0.29, 0.717) is 0 Å². The van der Waals surface area contributed by atoms with Crippen molar-refractivity contribution in [2.75, 3.05) is 0 Å². The third-order valence-corrected chi connectivity index (χ3v) is 0. The zero-order chi connectivity index (χ0) is 9.00. The Morgan fingerprint density at radius 3 is 0.917 bits per heavy atom. The Hall–Kier alpha value is 0.323. The number of rotatable bonds is 0. The topological polar surface area (TPSA) is 193 Å². The molecule has 4 N–H and O–H groups in total. The van der Waals surface area contributed by atoms with Crippen molar-refractivity contribution in [3.63, 3.8) is 0 Å². The Labute approximate surface area is 81.7 Å². The Morgan fingerprint density at radius 2 is 0.917 bits per heavy atom. The molecule has 0 amide bonds. The van der Waals surface area contributed by atoms with Gasteiger partial charge in [-0.05, 0) is 0 Å². The van der Waals surface area contributed by atoms with Crippen LogP contribution in [0.4, 0.5) is 0 Å². The summed E-state index contributed by atoms with van der Waals surface area (Å²) in [5.74, 6) is 0. The van der Waals surface area contributed by atoms with Crippen LogP contribution in [0.15, 0.2) is 0 Å². The predicted molar refractivity (Wildman–Crippen MR) is 27.8 cm³/mol. The molecule has 0 radical (unpaired) electrons. The minimum Gasteiger partial charge on any atom is -0.759 e. The molecule has 78 valence electrons. The van der Waals surface area contributed by atoms with Crippen LogP contribution < -0.4 is 6.15 Å². The maximum absolute atomic E-state index is 8.63. The standard InChI is InChI=1S/H3N.2H2O4S.Rh/c;2*1-5(2,3)4;/h1H3;2*(H2,1,2,3,4);/q;;;+3/p-3. The van der Waals surface area contributed by atoms with Gasteiger partial charge in [-0.25, -0.2) is 8.42 Å². The maximum atomic E-state index is 8.63. The summed E-state index contributed by atoms with van der Waals surface area (Å²) in [7, 11) is -10.1. The minimum atomic E-state index is -5.17. The summed E-state index contributed by atoms with van der Waals surface area (Å²) in [5, 5.41) is 0. The molecular weight excluding hydrogens is 309 g/mol. The van der Waals surface area contributed by atoms with E-state index in [1.165, 1.54) is 0 Å². The van der Waals surface area contributed by atoms with E-state index in [1.54, 1.807) is 0 Å². The molecular formula is H4NO8RhS2.